The van der Waals surface area contributed by atoms with Crippen molar-refractivity contribution in [2.24, 2.45) is 0 Å². The molecule has 2 heterocycles. The molecule has 1 aliphatic rings. The summed E-state index contributed by atoms with van der Waals surface area (Å²) in [7, 11) is 0. The Morgan fingerprint density at radius 1 is 1.24 bits per heavy atom. The Kier molecular flexibility index (Phi) is 2.93. The number of aromatic nitrogens is 3. The first kappa shape index (κ1) is 10.9. The fourth-order valence-corrected chi connectivity index (χ4v) is 2.93. The van der Waals surface area contributed by atoms with E-state index in [9.17, 15) is 0 Å². The number of rotatable bonds is 2. The van der Waals surface area contributed by atoms with E-state index in [1.807, 2.05) is 24.3 Å². The number of fused-ring (bicyclic) bond motifs is 1. The van der Waals surface area contributed by atoms with Crippen LogP contribution >= 0.6 is 15.9 Å². The summed E-state index contributed by atoms with van der Waals surface area (Å²) in [5.41, 5.74) is 1.77. The van der Waals surface area contributed by atoms with Crippen molar-refractivity contribution in [1.29, 1.82) is 0 Å². The molecule has 17 heavy (non-hydrogen) atoms. The summed E-state index contributed by atoms with van der Waals surface area (Å²) >= 11 is 3.55. The van der Waals surface area contributed by atoms with E-state index >= 15 is 0 Å². The van der Waals surface area contributed by atoms with Crippen molar-refractivity contribution < 1.29 is 0 Å². The van der Waals surface area contributed by atoms with Crippen LogP contribution in [-0.4, -0.2) is 33.1 Å². The lowest BCUT2D eigenvalue weighted by atomic mass is 10.2. The molecule has 0 amide bonds. The van der Waals surface area contributed by atoms with Gasteiger partial charge in [-0.25, -0.2) is 4.98 Å². The number of para-hydroxylation sites is 1. The predicted molar refractivity (Wildman–Crippen MR) is 71.5 cm³/mol. The molecule has 1 fully saturated rings. The Bertz CT molecular complexity index is 531. The smallest absolute Gasteiger partial charge is 0.246 e. The summed E-state index contributed by atoms with van der Waals surface area (Å²) in [6.45, 7) is 1.02. The molecule has 1 atom stereocenters. The fraction of sp³-hybridized carbons (Fsp3) is 0.417. The zero-order valence-electron chi connectivity index (χ0n) is 9.38. The Balaban J connectivity index is 2.00. The summed E-state index contributed by atoms with van der Waals surface area (Å²) in [5, 5.41) is 9.42. The third-order valence-corrected chi connectivity index (χ3v) is 3.91. The van der Waals surface area contributed by atoms with E-state index in [1.165, 1.54) is 12.8 Å². The molecule has 1 aromatic carbocycles. The van der Waals surface area contributed by atoms with Crippen LogP contribution in [0, 0.1) is 0 Å². The summed E-state index contributed by atoms with van der Waals surface area (Å²) in [6, 6.07) is 8.35. The Morgan fingerprint density at radius 2 is 2.06 bits per heavy atom. The van der Waals surface area contributed by atoms with Gasteiger partial charge in [-0.05, 0) is 25.0 Å². The number of hydrogen-bond donors (Lipinski definition) is 0. The third-order valence-electron chi connectivity index (χ3n) is 3.16. The lowest BCUT2D eigenvalue weighted by Gasteiger charge is -2.22. The lowest BCUT2D eigenvalue weighted by molar-refractivity contribution is 0.725. The molecule has 0 bridgehead atoms. The van der Waals surface area contributed by atoms with Gasteiger partial charge in [0.25, 0.3) is 0 Å². The topological polar surface area (TPSA) is 41.9 Å². The molecule has 88 valence electrons. The van der Waals surface area contributed by atoms with Gasteiger partial charge < -0.3 is 4.90 Å². The molecule has 1 unspecified atom stereocenters. The van der Waals surface area contributed by atoms with Gasteiger partial charge >= 0.3 is 0 Å². The second kappa shape index (κ2) is 4.56. The normalized spacial score (nSPS) is 20.1. The van der Waals surface area contributed by atoms with E-state index in [0.29, 0.717) is 6.04 Å². The summed E-state index contributed by atoms with van der Waals surface area (Å²) < 4.78 is 0. The first-order valence-electron chi connectivity index (χ1n) is 5.80. The molecular weight excluding hydrogens is 280 g/mol. The highest BCUT2D eigenvalue weighted by Gasteiger charge is 2.25. The Hall–Kier alpha value is -1.23. The lowest BCUT2D eigenvalue weighted by Crippen LogP contribution is -2.32. The van der Waals surface area contributed by atoms with Crippen molar-refractivity contribution in [2.75, 3.05) is 16.8 Å². The quantitative estimate of drug-likeness (QED) is 0.797. The van der Waals surface area contributed by atoms with Crippen LogP contribution in [0.1, 0.15) is 12.8 Å². The van der Waals surface area contributed by atoms with E-state index in [4.69, 9.17) is 0 Å². The highest BCUT2D eigenvalue weighted by atomic mass is 79.9. The van der Waals surface area contributed by atoms with Gasteiger partial charge in [0.1, 0.15) is 5.52 Å². The molecule has 0 aliphatic carbocycles. The minimum atomic E-state index is 0.498. The Labute approximate surface area is 108 Å². The van der Waals surface area contributed by atoms with Gasteiger partial charge in [0.05, 0.1) is 5.52 Å². The highest BCUT2D eigenvalue weighted by Crippen LogP contribution is 2.24. The largest absolute Gasteiger partial charge is 0.336 e. The maximum Gasteiger partial charge on any atom is 0.246 e. The molecule has 1 aliphatic heterocycles. The number of hydrogen-bond acceptors (Lipinski definition) is 4. The molecule has 2 aromatic rings. The van der Waals surface area contributed by atoms with Gasteiger partial charge in [0.15, 0.2) is 0 Å². The van der Waals surface area contributed by atoms with Gasteiger partial charge in [-0.3, -0.25) is 0 Å². The third kappa shape index (κ3) is 1.99. The van der Waals surface area contributed by atoms with Crippen LogP contribution in [0.3, 0.4) is 0 Å². The van der Waals surface area contributed by atoms with E-state index < -0.39 is 0 Å². The van der Waals surface area contributed by atoms with E-state index in [1.54, 1.807) is 0 Å². The highest BCUT2D eigenvalue weighted by molar-refractivity contribution is 9.09. The predicted octanol–water partition coefficient (Wildman–Crippen LogP) is 2.39. The van der Waals surface area contributed by atoms with Gasteiger partial charge in [0.2, 0.25) is 5.95 Å². The summed E-state index contributed by atoms with van der Waals surface area (Å²) in [5.74, 6) is 0.755. The minimum absolute atomic E-state index is 0.498. The molecule has 0 radical (unpaired) electrons. The van der Waals surface area contributed by atoms with Crippen LogP contribution in [0.25, 0.3) is 11.0 Å². The van der Waals surface area contributed by atoms with Crippen molar-refractivity contribution in [3.8, 4) is 0 Å². The van der Waals surface area contributed by atoms with Crippen molar-refractivity contribution in [1.82, 2.24) is 15.2 Å². The first-order chi connectivity index (χ1) is 8.38. The summed E-state index contributed by atoms with van der Waals surface area (Å²) in [6.07, 6.45) is 2.40. The van der Waals surface area contributed by atoms with Gasteiger partial charge in [-0.1, -0.05) is 28.1 Å². The number of alkyl halides is 1. The van der Waals surface area contributed by atoms with E-state index in [-0.39, 0.29) is 0 Å². The van der Waals surface area contributed by atoms with Gasteiger partial charge in [-0.15, -0.1) is 10.2 Å². The number of benzene rings is 1. The van der Waals surface area contributed by atoms with Crippen LogP contribution in [0.4, 0.5) is 5.95 Å². The zero-order chi connectivity index (χ0) is 11.7. The monoisotopic (exact) mass is 292 g/mol. The summed E-state index contributed by atoms with van der Waals surface area (Å²) in [4.78, 5) is 6.83. The second-order valence-corrected chi connectivity index (χ2v) is 4.89. The van der Waals surface area contributed by atoms with Crippen molar-refractivity contribution in [2.45, 2.75) is 18.9 Å². The van der Waals surface area contributed by atoms with Gasteiger partial charge in [0, 0.05) is 17.9 Å². The molecule has 0 spiro atoms. The van der Waals surface area contributed by atoms with Crippen LogP contribution in [0.5, 0.6) is 0 Å². The molecule has 0 N–H and O–H groups in total. The van der Waals surface area contributed by atoms with E-state index in [2.05, 4.69) is 36.0 Å². The minimum Gasteiger partial charge on any atom is -0.336 e. The fourth-order valence-electron chi connectivity index (χ4n) is 2.25. The number of nitrogens with zero attached hydrogens (tertiary/aromatic N) is 4. The second-order valence-electron chi connectivity index (χ2n) is 4.24. The number of halogens is 1. The first-order valence-corrected chi connectivity index (χ1v) is 6.93. The molecule has 5 heteroatoms. The molecule has 1 aromatic heterocycles. The molecule has 0 saturated carbocycles. The van der Waals surface area contributed by atoms with Crippen molar-refractivity contribution in [3.05, 3.63) is 24.3 Å². The van der Waals surface area contributed by atoms with Crippen LogP contribution < -0.4 is 4.90 Å². The maximum atomic E-state index is 4.59. The number of anilines is 1. The SMILES string of the molecule is BrCC1CCCN1c1nnc2ccccc2n1. The Morgan fingerprint density at radius 3 is 2.88 bits per heavy atom. The van der Waals surface area contributed by atoms with Crippen LogP contribution in [0.2, 0.25) is 0 Å². The molecular formula is C12H13BrN4. The van der Waals surface area contributed by atoms with Crippen LogP contribution in [0.15, 0.2) is 24.3 Å². The average Bonchev–Trinajstić information content (AvgIpc) is 2.86. The molecule has 3 rings (SSSR count). The average molecular weight is 293 g/mol. The zero-order valence-corrected chi connectivity index (χ0v) is 11.0. The molecule has 1 saturated heterocycles. The van der Waals surface area contributed by atoms with Gasteiger partial charge in [-0.2, -0.15) is 0 Å². The van der Waals surface area contributed by atoms with Crippen LogP contribution in [-0.2, 0) is 0 Å². The van der Waals surface area contributed by atoms with Crippen molar-refractivity contribution in [3.63, 3.8) is 0 Å². The van der Waals surface area contributed by atoms with Crippen molar-refractivity contribution >= 4 is 32.9 Å². The van der Waals surface area contributed by atoms with E-state index in [0.717, 1.165) is 28.9 Å². The molecule has 4 nitrogen and oxygen atoms in total. The maximum absolute atomic E-state index is 4.59. The standard InChI is InChI=1S/C12H13BrN4/c13-8-9-4-3-7-17(9)12-14-10-5-1-2-6-11(10)15-16-12/h1-2,5-6,9H,3-4,7-8H2.